The molecule has 0 spiro atoms. The fourth-order valence-corrected chi connectivity index (χ4v) is 4.58. The van der Waals surface area contributed by atoms with E-state index in [9.17, 15) is 13.2 Å². The minimum absolute atomic E-state index is 0.00535. The maximum absolute atomic E-state index is 12.4. The Morgan fingerprint density at radius 1 is 1.23 bits per heavy atom. The number of halogens is 1. The zero-order chi connectivity index (χ0) is 16.3. The van der Waals surface area contributed by atoms with Gasteiger partial charge in [0.05, 0.1) is 10.6 Å². The Morgan fingerprint density at radius 2 is 1.77 bits per heavy atom. The van der Waals surface area contributed by atoms with Crippen molar-refractivity contribution in [1.29, 1.82) is 0 Å². The molecule has 1 aromatic carbocycles. The van der Waals surface area contributed by atoms with E-state index in [2.05, 4.69) is 15.9 Å². The predicted octanol–water partition coefficient (Wildman–Crippen LogP) is 2.62. The van der Waals surface area contributed by atoms with Crippen molar-refractivity contribution < 1.29 is 13.2 Å². The lowest BCUT2D eigenvalue weighted by atomic mass is 9.99. The Bertz CT molecular complexity index is 621. The quantitative estimate of drug-likeness (QED) is 0.799. The van der Waals surface area contributed by atoms with Crippen LogP contribution >= 0.6 is 15.9 Å². The molecular weight excluding hydrogens is 368 g/mol. The van der Waals surface area contributed by atoms with E-state index < -0.39 is 9.84 Å². The van der Waals surface area contributed by atoms with Crippen molar-refractivity contribution >= 4 is 31.8 Å². The molecule has 0 saturated carbocycles. The van der Waals surface area contributed by atoms with Crippen LogP contribution in [0.15, 0.2) is 33.6 Å². The molecule has 122 valence electrons. The van der Waals surface area contributed by atoms with Crippen LogP contribution in [0, 0.1) is 5.92 Å². The summed E-state index contributed by atoms with van der Waals surface area (Å²) in [6.45, 7) is 1.25. The van der Waals surface area contributed by atoms with Crippen LogP contribution < -0.4 is 0 Å². The highest BCUT2D eigenvalue weighted by Gasteiger charge is 2.27. The molecule has 5 nitrogen and oxygen atoms in total. The first kappa shape index (κ1) is 17.3. The van der Waals surface area contributed by atoms with E-state index in [4.69, 9.17) is 0 Å². The zero-order valence-electron chi connectivity index (χ0n) is 12.8. The standard InChI is InChI=1S/C15H21BrN2O3S/c1-17(2)15(19)18-9-7-12(8-10-18)11-22(20,21)14-5-3-13(16)4-6-14/h3-6,12H,7-11H2,1-2H3. The highest BCUT2D eigenvalue weighted by Crippen LogP contribution is 2.24. The second-order valence-corrected chi connectivity index (χ2v) is 8.79. The molecule has 7 heteroatoms. The van der Waals surface area contributed by atoms with Gasteiger partial charge in [-0.15, -0.1) is 0 Å². The molecule has 0 radical (unpaired) electrons. The van der Waals surface area contributed by atoms with Crippen molar-refractivity contribution in [3.63, 3.8) is 0 Å². The average molecular weight is 389 g/mol. The number of benzene rings is 1. The van der Waals surface area contributed by atoms with Gasteiger partial charge in [-0.25, -0.2) is 13.2 Å². The molecule has 22 heavy (non-hydrogen) atoms. The van der Waals surface area contributed by atoms with Crippen LogP contribution in [-0.4, -0.2) is 57.2 Å². The molecule has 0 N–H and O–H groups in total. The van der Waals surface area contributed by atoms with Crippen LogP contribution in [0.5, 0.6) is 0 Å². The highest BCUT2D eigenvalue weighted by atomic mass is 79.9. The van der Waals surface area contributed by atoms with Gasteiger partial charge in [0.15, 0.2) is 9.84 Å². The normalized spacial score (nSPS) is 16.6. The number of carbonyl (C=O) groups excluding carboxylic acids is 1. The van der Waals surface area contributed by atoms with Gasteiger partial charge >= 0.3 is 6.03 Å². The number of urea groups is 1. The predicted molar refractivity (Wildman–Crippen MR) is 89.6 cm³/mol. The summed E-state index contributed by atoms with van der Waals surface area (Å²) in [5.74, 6) is 0.262. The molecule has 2 amide bonds. The molecule has 1 aliphatic heterocycles. The number of amides is 2. The number of nitrogens with zero attached hydrogens (tertiary/aromatic N) is 2. The minimum atomic E-state index is -3.27. The van der Waals surface area contributed by atoms with Gasteiger partial charge in [-0.05, 0) is 43.0 Å². The van der Waals surface area contributed by atoms with Crippen molar-refractivity contribution in [2.45, 2.75) is 17.7 Å². The van der Waals surface area contributed by atoms with E-state index in [1.165, 1.54) is 0 Å². The first-order valence-electron chi connectivity index (χ1n) is 7.24. The van der Waals surface area contributed by atoms with Crippen molar-refractivity contribution in [2.75, 3.05) is 32.9 Å². The Labute approximate surface area is 140 Å². The van der Waals surface area contributed by atoms with Crippen molar-refractivity contribution in [2.24, 2.45) is 5.92 Å². The molecule has 1 heterocycles. The maximum atomic E-state index is 12.4. The summed E-state index contributed by atoms with van der Waals surface area (Å²) in [5.41, 5.74) is 0. The lowest BCUT2D eigenvalue weighted by Crippen LogP contribution is -2.44. The summed E-state index contributed by atoms with van der Waals surface area (Å²) in [4.78, 5) is 15.6. The lowest BCUT2D eigenvalue weighted by molar-refractivity contribution is 0.150. The number of carbonyl (C=O) groups is 1. The molecule has 0 aliphatic carbocycles. The second kappa shape index (κ2) is 7.00. The molecule has 2 rings (SSSR count). The van der Waals surface area contributed by atoms with Crippen molar-refractivity contribution in [3.05, 3.63) is 28.7 Å². The molecule has 1 fully saturated rings. The van der Waals surface area contributed by atoms with E-state index in [1.807, 2.05) is 0 Å². The molecule has 0 bridgehead atoms. The number of hydrogen-bond donors (Lipinski definition) is 0. The third-order valence-corrected chi connectivity index (χ3v) is 6.32. The first-order valence-corrected chi connectivity index (χ1v) is 9.68. The third kappa shape index (κ3) is 4.23. The van der Waals surface area contributed by atoms with Crippen LogP contribution in [0.2, 0.25) is 0 Å². The number of sulfone groups is 1. The number of rotatable bonds is 3. The summed E-state index contributed by atoms with van der Waals surface area (Å²) in [5, 5.41) is 0. The molecule has 0 atom stereocenters. The maximum Gasteiger partial charge on any atom is 0.319 e. The zero-order valence-corrected chi connectivity index (χ0v) is 15.2. The monoisotopic (exact) mass is 388 g/mol. The average Bonchev–Trinajstić information content (AvgIpc) is 2.47. The van der Waals surface area contributed by atoms with Crippen molar-refractivity contribution in [1.82, 2.24) is 9.80 Å². The van der Waals surface area contributed by atoms with Crippen LogP contribution in [0.1, 0.15) is 12.8 Å². The summed E-state index contributed by atoms with van der Waals surface area (Å²) in [7, 11) is 0.192. The van der Waals surface area contributed by atoms with Gasteiger partial charge in [0.1, 0.15) is 0 Å². The van der Waals surface area contributed by atoms with Gasteiger partial charge in [-0.2, -0.15) is 0 Å². The highest BCUT2D eigenvalue weighted by molar-refractivity contribution is 9.10. The fraction of sp³-hybridized carbons (Fsp3) is 0.533. The molecule has 1 aliphatic rings. The Morgan fingerprint density at radius 3 is 2.27 bits per heavy atom. The fourth-order valence-electron chi connectivity index (χ4n) is 2.62. The van der Waals surface area contributed by atoms with Crippen LogP contribution in [-0.2, 0) is 9.84 Å². The Balaban J connectivity index is 1.95. The largest absolute Gasteiger partial charge is 0.331 e. The summed E-state index contributed by atoms with van der Waals surface area (Å²) < 4.78 is 25.7. The van der Waals surface area contributed by atoms with Gasteiger partial charge in [-0.3, -0.25) is 0 Å². The smallest absolute Gasteiger partial charge is 0.319 e. The van der Waals surface area contributed by atoms with Crippen LogP contribution in [0.4, 0.5) is 4.79 Å². The summed E-state index contributed by atoms with van der Waals surface area (Å²) in [6, 6.07) is 6.74. The minimum Gasteiger partial charge on any atom is -0.331 e. The van der Waals surface area contributed by atoms with Crippen LogP contribution in [0.3, 0.4) is 0 Å². The number of piperidine rings is 1. The molecule has 1 aromatic rings. The topological polar surface area (TPSA) is 57.7 Å². The summed E-state index contributed by atoms with van der Waals surface area (Å²) >= 11 is 3.31. The van der Waals surface area contributed by atoms with E-state index in [-0.39, 0.29) is 17.7 Å². The van der Waals surface area contributed by atoms with E-state index in [1.54, 1.807) is 48.2 Å². The van der Waals surface area contributed by atoms with E-state index in [0.29, 0.717) is 18.0 Å². The van der Waals surface area contributed by atoms with Gasteiger partial charge in [0.2, 0.25) is 0 Å². The molecular formula is C15H21BrN2O3S. The Kier molecular flexibility index (Phi) is 5.50. The SMILES string of the molecule is CN(C)C(=O)N1CCC(CS(=O)(=O)c2ccc(Br)cc2)CC1. The summed E-state index contributed by atoms with van der Waals surface area (Å²) in [6.07, 6.45) is 1.46. The molecule has 0 unspecified atom stereocenters. The van der Waals surface area contributed by atoms with Gasteiger partial charge < -0.3 is 9.80 Å². The number of hydrogen-bond acceptors (Lipinski definition) is 3. The second-order valence-electron chi connectivity index (χ2n) is 5.84. The third-order valence-electron chi connectivity index (χ3n) is 3.90. The van der Waals surface area contributed by atoms with E-state index >= 15 is 0 Å². The lowest BCUT2D eigenvalue weighted by Gasteiger charge is -2.33. The van der Waals surface area contributed by atoms with Gasteiger partial charge in [0, 0.05) is 31.7 Å². The van der Waals surface area contributed by atoms with Crippen molar-refractivity contribution in [3.8, 4) is 0 Å². The number of likely N-dealkylation sites (tertiary alicyclic amines) is 1. The first-order chi connectivity index (χ1) is 10.3. The van der Waals surface area contributed by atoms with E-state index in [0.717, 1.165) is 17.3 Å². The van der Waals surface area contributed by atoms with Gasteiger partial charge in [-0.1, -0.05) is 15.9 Å². The van der Waals surface area contributed by atoms with Crippen LogP contribution in [0.25, 0.3) is 0 Å². The molecule has 0 aromatic heterocycles. The Hall–Kier alpha value is -1.08. The van der Waals surface area contributed by atoms with Gasteiger partial charge in [0.25, 0.3) is 0 Å². The molecule has 1 saturated heterocycles.